The summed E-state index contributed by atoms with van der Waals surface area (Å²) in [5.74, 6) is 0. The number of aromatic nitrogens is 3. The van der Waals surface area contributed by atoms with Crippen LogP contribution in [0.5, 0.6) is 0 Å². The maximum Gasteiger partial charge on any atom is 0.433 e. The minimum Gasteiger partial charge on any atom is -0.298 e. The maximum absolute atomic E-state index is 13.0. The topological polar surface area (TPSA) is 37.2 Å². The van der Waals surface area contributed by atoms with Crippen LogP contribution in [0.15, 0.2) is 42.7 Å². The largest absolute Gasteiger partial charge is 0.433 e. The second kappa shape index (κ2) is 8.87. The Morgan fingerprint density at radius 2 is 1.80 bits per heavy atom. The number of rotatable bonds is 5. The van der Waals surface area contributed by atoms with Crippen molar-refractivity contribution in [2.24, 2.45) is 7.05 Å². The first kappa shape index (κ1) is 21.0. The summed E-state index contributed by atoms with van der Waals surface area (Å²) in [7, 11) is 1.33. The summed E-state index contributed by atoms with van der Waals surface area (Å²) in [5, 5.41) is 4.05. The molecule has 0 unspecified atom stereocenters. The molecule has 1 saturated heterocycles. The maximum atomic E-state index is 13.0. The molecule has 0 N–H and O–H groups in total. The molecule has 0 bridgehead atoms. The third-order valence-corrected chi connectivity index (χ3v) is 6.37. The van der Waals surface area contributed by atoms with Crippen LogP contribution in [-0.2, 0) is 26.3 Å². The Morgan fingerprint density at radius 3 is 2.47 bits per heavy atom. The zero-order valence-corrected chi connectivity index (χ0v) is 17.6. The van der Waals surface area contributed by atoms with E-state index in [0.717, 1.165) is 66.2 Å². The van der Waals surface area contributed by atoms with E-state index in [0.29, 0.717) is 5.69 Å². The number of nitrogens with zero attached hydrogens (tertiary/aromatic N) is 5. The molecule has 3 aromatic heterocycles. The molecule has 1 aliphatic heterocycles. The third-order valence-electron chi connectivity index (χ3n) is 5.27. The normalized spacial score (nSPS) is 16.7. The lowest BCUT2D eigenvalue weighted by Crippen LogP contribution is -2.30. The van der Waals surface area contributed by atoms with Gasteiger partial charge < -0.3 is 0 Å². The summed E-state index contributed by atoms with van der Waals surface area (Å²) >= 11 is 1.52. The fraction of sp³-hybridized carbons (Fsp3) is 0.429. The average molecular weight is 436 g/mol. The van der Waals surface area contributed by atoms with Crippen LogP contribution in [-0.4, -0.2) is 50.7 Å². The molecule has 5 nitrogen and oxygen atoms in total. The summed E-state index contributed by atoms with van der Waals surface area (Å²) in [5.41, 5.74) is 0.871. The zero-order chi connectivity index (χ0) is 21.1. The number of aryl methyl sites for hydroxylation is 1. The number of halogens is 3. The van der Waals surface area contributed by atoms with Crippen LogP contribution in [0.25, 0.3) is 10.6 Å². The molecule has 0 atom stereocenters. The summed E-state index contributed by atoms with van der Waals surface area (Å²) in [6, 6.07) is 9.06. The van der Waals surface area contributed by atoms with E-state index in [-0.39, 0.29) is 0 Å². The van der Waals surface area contributed by atoms with Gasteiger partial charge >= 0.3 is 6.18 Å². The molecule has 0 spiro atoms. The molecule has 0 aromatic carbocycles. The molecule has 160 valence electrons. The molecule has 0 aliphatic carbocycles. The van der Waals surface area contributed by atoms with Crippen molar-refractivity contribution in [1.29, 1.82) is 0 Å². The summed E-state index contributed by atoms with van der Waals surface area (Å²) in [6.07, 6.45) is 0.400. The first-order chi connectivity index (χ1) is 14.4. The molecule has 1 aliphatic rings. The van der Waals surface area contributed by atoms with Crippen molar-refractivity contribution in [3.8, 4) is 10.6 Å². The van der Waals surface area contributed by atoms with Gasteiger partial charge in [0.05, 0.1) is 4.88 Å². The minimum absolute atomic E-state index is 0.375. The van der Waals surface area contributed by atoms with E-state index in [1.807, 2.05) is 24.4 Å². The van der Waals surface area contributed by atoms with Gasteiger partial charge in [-0.3, -0.25) is 19.5 Å². The van der Waals surface area contributed by atoms with Gasteiger partial charge in [-0.2, -0.15) is 18.3 Å². The Morgan fingerprint density at radius 1 is 1.03 bits per heavy atom. The highest BCUT2D eigenvalue weighted by Crippen LogP contribution is 2.34. The molecule has 4 rings (SSSR count). The van der Waals surface area contributed by atoms with E-state index >= 15 is 0 Å². The van der Waals surface area contributed by atoms with E-state index in [2.05, 4.69) is 25.9 Å². The Kier molecular flexibility index (Phi) is 6.21. The molecule has 0 saturated carbocycles. The van der Waals surface area contributed by atoms with Gasteiger partial charge in [0, 0.05) is 50.5 Å². The van der Waals surface area contributed by atoms with Crippen LogP contribution < -0.4 is 0 Å². The summed E-state index contributed by atoms with van der Waals surface area (Å²) in [4.78, 5) is 11.0. The second-order valence-electron chi connectivity index (χ2n) is 7.57. The molecular weight excluding hydrogens is 411 g/mol. The fourth-order valence-electron chi connectivity index (χ4n) is 3.76. The second-order valence-corrected chi connectivity index (χ2v) is 8.74. The van der Waals surface area contributed by atoms with E-state index in [9.17, 15) is 13.2 Å². The zero-order valence-electron chi connectivity index (χ0n) is 16.8. The lowest BCUT2D eigenvalue weighted by molar-refractivity contribution is -0.143. The predicted molar refractivity (Wildman–Crippen MR) is 111 cm³/mol. The highest BCUT2D eigenvalue weighted by Gasteiger charge is 2.35. The van der Waals surface area contributed by atoms with Gasteiger partial charge in [-0.1, -0.05) is 6.07 Å². The standard InChI is InChI=1S/C21H24F3N5S/c1-27-20(21(22,23)24)12-18(26-27)19-6-5-17(30-19)15-29-9-3-8-28(10-11-29)14-16-4-2-7-25-13-16/h2,4-7,12-13H,3,8-11,14-15H2,1H3. The SMILES string of the molecule is Cn1nc(-c2ccc(CN3CCCN(Cc4cccnc4)CC3)s2)cc1C(F)(F)F. The number of alkyl halides is 3. The highest BCUT2D eigenvalue weighted by molar-refractivity contribution is 7.15. The first-order valence-corrected chi connectivity index (χ1v) is 10.7. The minimum atomic E-state index is -4.40. The van der Waals surface area contributed by atoms with Crippen LogP contribution in [0.4, 0.5) is 13.2 Å². The number of pyridine rings is 1. The molecule has 9 heteroatoms. The van der Waals surface area contributed by atoms with Gasteiger partial charge in [0.2, 0.25) is 0 Å². The Labute approximate surface area is 177 Å². The molecule has 3 aromatic rings. The molecule has 0 amide bonds. The van der Waals surface area contributed by atoms with E-state index in [1.54, 1.807) is 6.20 Å². The van der Waals surface area contributed by atoms with Gasteiger partial charge in [-0.25, -0.2) is 0 Å². The van der Waals surface area contributed by atoms with Gasteiger partial charge in [0.15, 0.2) is 0 Å². The van der Waals surface area contributed by atoms with E-state index in [1.165, 1.54) is 23.9 Å². The molecular formula is C21H24F3N5S. The van der Waals surface area contributed by atoms with Crippen molar-refractivity contribution in [2.45, 2.75) is 25.7 Å². The van der Waals surface area contributed by atoms with Crippen molar-refractivity contribution in [3.63, 3.8) is 0 Å². The Balaban J connectivity index is 1.36. The number of hydrogen-bond acceptors (Lipinski definition) is 5. The van der Waals surface area contributed by atoms with Crippen LogP contribution >= 0.6 is 11.3 Å². The van der Waals surface area contributed by atoms with Crippen molar-refractivity contribution in [1.82, 2.24) is 24.6 Å². The lowest BCUT2D eigenvalue weighted by Gasteiger charge is -2.21. The van der Waals surface area contributed by atoms with Gasteiger partial charge in [0.1, 0.15) is 11.4 Å². The van der Waals surface area contributed by atoms with Crippen molar-refractivity contribution in [3.05, 3.63) is 58.9 Å². The molecule has 1 fully saturated rings. The lowest BCUT2D eigenvalue weighted by atomic mass is 10.2. The quantitative estimate of drug-likeness (QED) is 0.600. The average Bonchev–Trinajstić information content (AvgIpc) is 3.26. The van der Waals surface area contributed by atoms with E-state index in [4.69, 9.17) is 0 Å². The van der Waals surface area contributed by atoms with Crippen LogP contribution in [0, 0.1) is 0 Å². The highest BCUT2D eigenvalue weighted by atomic mass is 32.1. The van der Waals surface area contributed by atoms with Gasteiger partial charge in [0.25, 0.3) is 0 Å². The predicted octanol–water partition coefficient (Wildman–Crippen LogP) is 4.27. The van der Waals surface area contributed by atoms with Crippen molar-refractivity contribution in [2.75, 3.05) is 26.2 Å². The smallest absolute Gasteiger partial charge is 0.298 e. The van der Waals surface area contributed by atoms with Gasteiger partial charge in [-0.15, -0.1) is 11.3 Å². The van der Waals surface area contributed by atoms with Crippen LogP contribution in [0.3, 0.4) is 0 Å². The Bertz CT molecular complexity index is 967. The monoisotopic (exact) mass is 435 g/mol. The molecule has 0 radical (unpaired) electrons. The summed E-state index contributed by atoms with van der Waals surface area (Å²) < 4.78 is 40.0. The van der Waals surface area contributed by atoms with Crippen LogP contribution in [0.1, 0.15) is 22.6 Å². The van der Waals surface area contributed by atoms with Crippen LogP contribution in [0.2, 0.25) is 0 Å². The van der Waals surface area contributed by atoms with Crippen molar-refractivity contribution < 1.29 is 13.2 Å². The summed E-state index contributed by atoms with van der Waals surface area (Å²) in [6.45, 7) is 5.74. The van der Waals surface area contributed by atoms with Gasteiger partial charge in [-0.05, 0) is 49.3 Å². The number of hydrogen-bond donors (Lipinski definition) is 0. The fourth-order valence-corrected chi connectivity index (χ4v) is 4.77. The number of thiophene rings is 1. The molecule has 30 heavy (non-hydrogen) atoms. The van der Waals surface area contributed by atoms with Crippen molar-refractivity contribution >= 4 is 11.3 Å². The third kappa shape index (κ3) is 5.08. The Hall–Kier alpha value is -2.23. The van der Waals surface area contributed by atoms with E-state index < -0.39 is 11.9 Å². The first-order valence-electron chi connectivity index (χ1n) is 9.92. The molecule has 4 heterocycles.